The molecule has 0 amide bonds. The fraction of sp³-hybridized carbons (Fsp3) is 0.333. The fourth-order valence-corrected chi connectivity index (χ4v) is 1.50. The number of aromatic nitrogens is 2. The van der Waals surface area contributed by atoms with Gasteiger partial charge in [0.1, 0.15) is 11.9 Å². The molecule has 1 N–H and O–H groups in total. The van der Waals surface area contributed by atoms with E-state index in [1.165, 1.54) is 0 Å². The van der Waals surface area contributed by atoms with Gasteiger partial charge in [0.15, 0.2) is 5.82 Å². The Kier molecular flexibility index (Phi) is 3.10. The molecule has 5 heteroatoms. The van der Waals surface area contributed by atoms with E-state index in [-0.39, 0.29) is 5.82 Å². The molecule has 5 nitrogen and oxygen atoms in total. The summed E-state index contributed by atoms with van der Waals surface area (Å²) in [5.41, 5.74) is 1.80. The summed E-state index contributed by atoms with van der Waals surface area (Å²) in [5, 5.41) is 13.1. The predicted molar refractivity (Wildman–Crippen MR) is 61.7 cm³/mol. The van der Waals surface area contributed by atoms with Crippen LogP contribution in [0.4, 0.5) is 0 Å². The lowest BCUT2D eigenvalue weighted by molar-refractivity contribution is 0.184. The summed E-state index contributed by atoms with van der Waals surface area (Å²) >= 11 is 0. The van der Waals surface area contributed by atoms with Crippen molar-refractivity contribution in [3.8, 4) is 17.2 Å². The van der Waals surface area contributed by atoms with Gasteiger partial charge in [0.05, 0.1) is 12.7 Å². The number of ether oxygens (including phenoxy) is 1. The molecule has 0 radical (unpaired) electrons. The van der Waals surface area contributed by atoms with Crippen molar-refractivity contribution in [1.82, 2.24) is 10.1 Å². The van der Waals surface area contributed by atoms with Crippen molar-refractivity contribution in [1.29, 1.82) is 0 Å². The van der Waals surface area contributed by atoms with E-state index in [0.717, 1.165) is 11.1 Å². The number of nitrogens with zero attached hydrogens (tertiary/aromatic N) is 2. The van der Waals surface area contributed by atoms with Gasteiger partial charge in [-0.3, -0.25) is 0 Å². The Morgan fingerprint density at radius 1 is 1.41 bits per heavy atom. The van der Waals surface area contributed by atoms with Crippen LogP contribution in [0.1, 0.15) is 24.4 Å². The number of aryl methyl sites for hydroxylation is 1. The van der Waals surface area contributed by atoms with Gasteiger partial charge in [-0.05, 0) is 26.0 Å². The molecule has 2 aromatic rings. The van der Waals surface area contributed by atoms with Crippen molar-refractivity contribution in [2.24, 2.45) is 0 Å². The number of hydrogen-bond donors (Lipinski definition) is 1. The maximum Gasteiger partial charge on any atom is 0.261 e. The number of rotatable bonds is 3. The maximum absolute atomic E-state index is 9.35. The van der Waals surface area contributed by atoms with Crippen LogP contribution in [0.15, 0.2) is 22.7 Å². The Bertz CT molecular complexity index is 520. The van der Waals surface area contributed by atoms with Gasteiger partial charge in [0, 0.05) is 0 Å². The van der Waals surface area contributed by atoms with Gasteiger partial charge in [0.25, 0.3) is 5.89 Å². The molecule has 0 bridgehead atoms. The summed E-state index contributed by atoms with van der Waals surface area (Å²) in [4.78, 5) is 4.12. The van der Waals surface area contributed by atoms with Crippen LogP contribution < -0.4 is 4.74 Å². The lowest BCUT2D eigenvalue weighted by Gasteiger charge is -2.05. The van der Waals surface area contributed by atoms with Crippen molar-refractivity contribution >= 4 is 0 Å². The van der Waals surface area contributed by atoms with Crippen LogP contribution in [0.25, 0.3) is 11.5 Å². The standard InChI is InChI=1S/C12H14N2O3/c1-7-4-5-10(16-3)9(6-7)12-13-11(8(2)15)14-17-12/h4-6,8,15H,1-3H3. The number of aliphatic hydroxyl groups is 1. The van der Waals surface area contributed by atoms with Crippen LogP contribution in [-0.2, 0) is 0 Å². The Morgan fingerprint density at radius 3 is 2.76 bits per heavy atom. The zero-order valence-electron chi connectivity index (χ0n) is 9.97. The topological polar surface area (TPSA) is 68.4 Å². The molecule has 2 rings (SSSR count). The minimum absolute atomic E-state index is 0.267. The van der Waals surface area contributed by atoms with Gasteiger partial charge in [0.2, 0.25) is 0 Å². The van der Waals surface area contributed by atoms with Gasteiger partial charge in [-0.2, -0.15) is 4.98 Å². The van der Waals surface area contributed by atoms with E-state index < -0.39 is 6.10 Å². The van der Waals surface area contributed by atoms with E-state index in [1.54, 1.807) is 14.0 Å². The first kappa shape index (κ1) is 11.6. The van der Waals surface area contributed by atoms with Gasteiger partial charge in [-0.25, -0.2) is 0 Å². The monoisotopic (exact) mass is 234 g/mol. The molecule has 0 aliphatic heterocycles. The highest BCUT2D eigenvalue weighted by Gasteiger charge is 2.16. The van der Waals surface area contributed by atoms with Crippen molar-refractivity contribution < 1.29 is 14.4 Å². The van der Waals surface area contributed by atoms with E-state index in [4.69, 9.17) is 9.26 Å². The Balaban J connectivity index is 2.47. The third-order valence-corrected chi connectivity index (χ3v) is 2.40. The Hall–Kier alpha value is -1.88. The Labute approximate surface area is 99.0 Å². The van der Waals surface area contributed by atoms with Crippen LogP contribution in [-0.4, -0.2) is 22.4 Å². The van der Waals surface area contributed by atoms with Gasteiger partial charge in [-0.1, -0.05) is 16.8 Å². The summed E-state index contributed by atoms with van der Waals surface area (Å²) in [6.45, 7) is 3.55. The van der Waals surface area contributed by atoms with Crippen molar-refractivity contribution in [2.75, 3.05) is 7.11 Å². The minimum atomic E-state index is -0.747. The predicted octanol–water partition coefficient (Wildman–Crippen LogP) is 2.11. The van der Waals surface area contributed by atoms with Crippen molar-refractivity contribution in [3.63, 3.8) is 0 Å². The number of aliphatic hydroxyl groups excluding tert-OH is 1. The largest absolute Gasteiger partial charge is 0.496 e. The lowest BCUT2D eigenvalue weighted by Crippen LogP contribution is -1.93. The van der Waals surface area contributed by atoms with E-state index in [9.17, 15) is 5.11 Å². The maximum atomic E-state index is 9.35. The molecule has 0 saturated carbocycles. The van der Waals surface area contributed by atoms with E-state index >= 15 is 0 Å². The lowest BCUT2D eigenvalue weighted by atomic mass is 10.1. The van der Waals surface area contributed by atoms with Crippen molar-refractivity contribution in [3.05, 3.63) is 29.6 Å². The number of methoxy groups -OCH3 is 1. The quantitative estimate of drug-likeness (QED) is 0.880. The van der Waals surface area contributed by atoms with E-state index in [2.05, 4.69) is 10.1 Å². The molecule has 1 unspecified atom stereocenters. The first-order valence-corrected chi connectivity index (χ1v) is 5.28. The number of hydrogen-bond acceptors (Lipinski definition) is 5. The minimum Gasteiger partial charge on any atom is -0.496 e. The van der Waals surface area contributed by atoms with Crippen LogP contribution in [0, 0.1) is 6.92 Å². The molecular weight excluding hydrogens is 220 g/mol. The van der Waals surface area contributed by atoms with E-state index in [0.29, 0.717) is 11.6 Å². The Morgan fingerprint density at radius 2 is 2.18 bits per heavy atom. The first-order valence-electron chi connectivity index (χ1n) is 5.28. The summed E-state index contributed by atoms with van der Waals surface area (Å²) in [5.74, 6) is 1.28. The first-order chi connectivity index (χ1) is 8.11. The molecule has 90 valence electrons. The molecule has 0 aliphatic carbocycles. The molecule has 1 atom stereocenters. The van der Waals surface area contributed by atoms with Crippen LogP contribution >= 0.6 is 0 Å². The molecule has 0 fully saturated rings. The summed E-state index contributed by atoms with van der Waals surface area (Å²) in [6.07, 6.45) is -0.747. The van der Waals surface area contributed by atoms with Gasteiger partial charge < -0.3 is 14.4 Å². The second-order valence-electron chi connectivity index (χ2n) is 3.84. The molecule has 0 spiro atoms. The number of benzene rings is 1. The van der Waals surface area contributed by atoms with Gasteiger partial charge in [-0.15, -0.1) is 0 Å². The average Bonchev–Trinajstić information content (AvgIpc) is 2.78. The zero-order chi connectivity index (χ0) is 12.4. The molecule has 0 saturated heterocycles. The molecule has 1 heterocycles. The molecule has 17 heavy (non-hydrogen) atoms. The highest BCUT2D eigenvalue weighted by Crippen LogP contribution is 2.30. The third-order valence-electron chi connectivity index (χ3n) is 2.40. The second kappa shape index (κ2) is 4.55. The van der Waals surface area contributed by atoms with E-state index in [1.807, 2.05) is 25.1 Å². The highest BCUT2D eigenvalue weighted by atomic mass is 16.5. The third kappa shape index (κ3) is 2.29. The van der Waals surface area contributed by atoms with Crippen LogP contribution in [0.5, 0.6) is 5.75 Å². The van der Waals surface area contributed by atoms with Crippen molar-refractivity contribution in [2.45, 2.75) is 20.0 Å². The molecule has 0 aliphatic rings. The average molecular weight is 234 g/mol. The van der Waals surface area contributed by atoms with Gasteiger partial charge >= 0.3 is 0 Å². The summed E-state index contributed by atoms with van der Waals surface area (Å²) < 4.78 is 10.3. The summed E-state index contributed by atoms with van der Waals surface area (Å²) in [6, 6.07) is 5.68. The zero-order valence-corrected chi connectivity index (χ0v) is 9.97. The highest BCUT2D eigenvalue weighted by molar-refractivity contribution is 5.63. The second-order valence-corrected chi connectivity index (χ2v) is 3.84. The van der Waals surface area contributed by atoms with Crippen LogP contribution in [0.3, 0.4) is 0 Å². The fourth-order valence-electron chi connectivity index (χ4n) is 1.50. The normalized spacial score (nSPS) is 12.5. The SMILES string of the molecule is COc1ccc(C)cc1-c1nc(C(C)O)no1. The smallest absolute Gasteiger partial charge is 0.261 e. The molecule has 1 aromatic carbocycles. The summed E-state index contributed by atoms with van der Waals surface area (Å²) in [7, 11) is 1.58. The molecule has 1 aromatic heterocycles. The van der Waals surface area contributed by atoms with Crippen LogP contribution in [0.2, 0.25) is 0 Å². The molecular formula is C12H14N2O3.